The van der Waals surface area contributed by atoms with E-state index in [0.717, 1.165) is 97.2 Å². The van der Waals surface area contributed by atoms with Crippen molar-refractivity contribution in [3.05, 3.63) is 146 Å². The van der Waals surface area contributed by atoms with Crippen LogP contribution in [0.15, 0.2) is 146 Å². The van der Waals surface area contributed by atoms with Gasteiger partial charge in [0.15, 0.2) is 23.3 Å². The Bertz CT molecular complexity index is 2720. The van der Waals surface area contributed by atoms with Crippen LogP contribution in [0.3, 0.4) is 0 Å². The van der Waals surface area contributed by atoms with Gasteiger partial charge in [-0.3, -0.25) is 4.39 Å². The third-order valence-corrected chi connectivity index (χ3v) is 9.77. The Kier molecular flexibility index (Phi) is 14.1. The summed E-state index contributed by atoms with van der Waals surface area (Å²) < 4.78 is 37.5. The van der Waals surface area contributed by atoms with Gasteiger partial charge >= 0.3 is 6.03 Å². The third-order valence-electron chi connectivity index (χ3n) is 9.77. The van der Waals surface area contributed by atoms with Crippen molar-refractivity contribution in [2.45, 2.75) is 6.92 Å². The maximum atomic E-state index is 12.2. The molecule has 15 nitrogen and oxygen atoms in total. The highest BCUT2D eigenvalue weighted by Gasteiger charge is 2.20. The summed E-state index contributed by atoms with van der Waals surface area (Å²) in [5.74, 6) is 3.19. The number of nitrogens with two attached hydrogens (primary N) is 2. The first-order valence-electron chi connectivity index (χ1n) is 21.4. The fraction of sp³-hybridized carbons (Fsp3) is 0.213. The van der Waals surface area contributed by atoms with Crippen molar-refractivity contribution in [3.8, 4) is 22.8 Å². The van der Waals surface area contributed by atoms with Crippen molar-refractivity contribution >= 4 is 51.4 Å². The minimum Gasteiger partial charge on any atom is -0.399 e. The van der Waals surface area contributed by atoms with Gasteiger partial charge < -0.3 is 41.4 Å². The minimum atomic E-state index is -2.50. The zero-order chi connectivity index (χ0) is 45.6. The lowest BCUT2D eigenvalue weighted by Gasteiger charge is -2.28. The predicted molar refractivity (Wildman–Crippen MR) is 249 cm³/mol. The molecule has 2 fully saturated rings. The van der Waals surface area contributed by atoms with E-state index in [4.69, 9.17) is 33.7 Å². The maximum Gasteiger partial charge on any atom is 0.323 e. The van der Waals surface area contributed by atoms with Gasteiger partial charge in [-0.1, -0.05) is 36.4 Å². The molecule has 4 aromatic heterocycles. The van der Waals surface area contributed by atoms with Crippen LogP contribution in [0.2, 0.25) is 0 Å². The van der Waals surface area contributed by atoms with Gasteiger partial charge in [-0.25, -0.2) is 23.8 Å². The second-order valence-corrected chi connectivity index (χ2v) is 14.1. The summed E-state index contributed by atoms with van der Waals surface area (Å²) in [4.78, 5) is 26.3. The molecule has 2 aliphatic rings. The Balaban J connectivity index is 0.000000160. The number of anilines is 6. The quantitative estimate of drug-likeness (QED) is 0.119. The average molecular weight is 853 g/mol. The number of benzene rings is 4. The number of aromatic nitrogens is 6. The first kappa shape index (κ1) is 40.8. The SMILES string of the molecule is Nc1ccc(-c2nc(N3CCOCC3)c3cccn3n2)cc1.Nc1ccccc1.O=C(Nc1ccccc1)Nc1ccc(-c2nc(N3CCOCC3)c3cccn3n2)cc1.[2H]C([2H])(C)F. The summed E-state index contributed by atoms with van der Waals surface area (Å²) >= 11 is 0. The fourth-order valence-corrected chi connectivity index (χ4v) is 6.70. The van der Waals surface area contributed by atoms with Crippen LogP contribution in [0.25, 0.3) is 33.8 Å². The normalized spacial score (nSPS) is 14.1. The van der Waals surface area contributed by atoms with Crippen molar-refractivity contribution in [3.63, 3.8) is 0 Å². The van der Waals surface area contributed by atoms with E-state index in [-0.39, 0.29) is 6.03 Å². The molecule has 2 saturated heterocycles. The topological polar surface area (TPSA) is 178 Å². The van der Waals surface area contributed by atoms with Crippen molar-refractivity contribution < 1.29 is 21.4 Å². The third kappa shape index (κ3) is 11.8. The molecule has 0 unspecified atom stereocenters. The summed E-state index contributed by atoms with van der Waals surface area (Å²) in [7, 11) is 0. The molecule has 4 aromatic carbocycles. The number of amides is 2. The average Bonchev–Trinajstić information content (AvgIpc) is 4.01. The molecule has 0 radical (unpaired) electrons. The minimum absolute atomic E-state index is 0.293. The molecule has 63 heavy (non-hydrogen) atoms. The number of alkyl halides is 1. The van der Waals surface area contributed by atoms with Gasteiger partial charge in [-0.2, -0.15) is 0 Å². The number of rotatable bonds is 6. The van der Waals surface area contributed by atoms with Crippen LogP contribution in [0.4, 0.5) is 43.6 Å². The molecule has 0 bridgehead atoms. The maximum absolute atomic E-state index is 12.2. The Morgan fingerprint density at radius 2 is 1.00 bits per heavy atom. The van der Waals surface area contributed by atoms with Gasteiger partial charge in [0.25, 0.3) is 0 Å². The van der Waals surface area contributed by atoms with Crippen LogP contribution in [-0.4, -0.2) is 94.5 Å². The predicted octanol–water partition coefficient (Wildman–Crippen LogP) is 7.94. The molecule has 6 heterocycles. The zero-order valence-electron chi connectivity index (χ0n) is 36.8. The number of nitrogens with zero attached hydrogens (tertiary/aromatic N) is 8. The van der Waals surface area contributed by atoms with Gasteiger partial charge in [-0.15, -0.1) is 10.2 Å². The molecule has 6 N–H and O–H groups in total. The lowest BCUT2D eigenvalue weighted by molar-refractivity contribution is 0.122. The van der Waals surface area contributed by atoms with Crippen LogP contribution < -0.4 is 31.9 Å². The number of nitrogen functional groups attached to an aromatic ring is 2. The van der Waals surface area contributed by atoms with E-state index >= 15 is 0 Å². The van der Waals surface area contributed by atoms with Crippen molar-refractivity contribution in [2.24, 2.45) is 0 Å². The summed E-state index contributed by atoms with van der Waals surface area (Å²) in [5, 5.41) is 14.9. The van der Waals surface area contributed by atoms with Crippen molar-refractivity contribution in [2.75, 3.05) is 91.1 Å². The molecule has 0 spiro atoms. The van der Waals surface area contributed by atoms with Gasteiger partial charge in [-0.05, 0) is 104 Å². The molecule has 2 amide bonds. The summed E-state index contributed by atoms with van der Waals surface area (Å²) in [6.07, 6.45) is 3.87. The van der Waals surface area contributed by atoms with Crippen molar-refractivity contribution in [1.29, 1.82) is 0 Å². The number of hydrogen-bond acceptors (Lipinski definition) is 11. The lowest BCUT2D eigenvalue weighted by Crippen LogP contribution is -2.37. The molecule has 0 atom stereocenters. The second-order valence-electron chi connectivity index (χ2n) is 14.1. The largest absolute Gasteiger partial charge is 0.399 e. The van der Waals surface area contributed by atoms with E-state index in [1.54, 1.807) is 0 Å². The smallest absolute Gasteiger partial charge is 0.323 e. The van der Waals surface area contributed by atoms with E-state index in [9.17, 15) is 9.18 Å². The molecule has 8 aromatic rings. The molecular formula is C47H51FN12O3. The van der Waals surface area contributed by atoms with Gasteiger partial charge in [0, 0.05) is 72.4 Å². The van der Waals surface area contributed by atoms with Gasteiger partial charge in [0.05, 0.1) is 35.8 Å². The van der Waals surface area contributed by atoms with E-state index < -0.39 is 6.63 Å². The molecule has 2 aliphatic heterocycles. The van der Waals surface area contributed by atoms with Crippen LogP contribution in [-0.2, 0) is 9.47 Å². The highest BCUT2D eigenvalue weighted by atomic mass is 19.1. The Labute approximate surface area is 367 Å². The zero-order valence-corrected chi connectivity index (χ0v) is 34.8. The number of urea groups is 1. The van der Waals surface area contributed by atoms with Gasteiger partial charge in [0.1, 0.15) is 11.0 Å². The van der Waals surface area contributed by atoms with E-state index in [0.29, 0.717) is 30.5 Å². The van der Waals surface area contributed by atoms with Crippen LogP contribution >= 0.6 is 0 Å². The van der Waals surface area contributed by atoms with E-state index in [1.165, 1.54) is 0 Å². The number of nitrogens with one attached hydrogen (secondary N) is 2. The molecular weight excluding hydrogens is 800 g/mol. The first-order chi connectivity index (χ1) is 31.5. The number of halogens is 1. The molecule has 324 valence electrons. The summed E-state index contributed by atoms with van der Waals surface area (Å²) in [6.45, 7) is 4.50. The fourth-order valence-electron chi connectivity index (χ4n) is 6.70. The molecule has 10 rings (SSSR count). The Morgan fingerprint density at radius 1 is 0.603 bits per heavy atom. The Morgan fingerprint density at radius 3 is 1.43 bits per heavy atom. The van der Waals surface area contributed by atoms with E-state index in [2.05, 4.69) is 30.6 Å². The highest BCUT2D eigenvalue weighted by molar-refractivity contribution is 5.99. The number of carbonyl (C=O) groups excluding carboxylic acids is 1. The van der Waals surface area contributed by atoms with Crippen LogP contribution in [0.5, 0.6) is 0 Å². The summed E-state index contributed by atoms with van der Waals surface area (Å²) in [5.41, 5.74) is 17.9. The molecule has 16 heteroatoms. The highest BCUT2D eigenvalue weighted by Crippen LogP contribution is 2.27. The number of para-hydroxylation sites is 2. The molecule has 0 aliphatic carbocycles. The number of hydrogen-bond donors (Lipinski definition) is 4. The van der Waals surface area contributed by atoms with Crippen LogP contribution in [0.1, 0.15) is 9.67 Å². The molecule has 0 saturated carbocycles. The number of fused-ring (bicyclic) bond motifs is 2. The monoisotopic (exact) mass is 852 g/mol. The standard InChI is InChI=1S/C23H22N6O2.C16H17N5O.C6H7N.C2H5F/c30-23(24-18-5-2-1-3-6-18)25-19-10-8-17(9-11-19)21-26-22(28-13-15-31-16-14-28)20-7-4-12-29(20)27-21;17-13-5-3-12(4-6-13)15-18-16(20-8-10-22-11-9-20)14-2-1-7-21(14)19-15;7-6-4-2-1-3-5-6;1-2-3/h1-12H,13-16H2,(H2,24,25,30);1-7H,8-11,17H2;1-5H,7H2;2H2,1H3/i;;;2D2. The lowest BCUT2D eigenvalue weighted by atomic mass is 10.2. The number of carbonyl (C=O) groups is 1. The van der Waals surface area contributed by atoms with E-state index in [1.807, 2.05) is 155 Å². The number of ether oxygens (including phenoxy) is 2. The Hall–Kier alpha value is -7.56. The number of morpholine rings is 2. The second kappa shape index (κ2) is 21.8. The summed E-state index contributed by atoms with van der Waals surface area (Å²) in [6, 6.07) is 41.7. The first-order valence-corrected chi connectivity index (χ1v) is 20.4. The van der Waals surface area contributed by atoms with Gasteiger partial charge in [0.2, 0.25) is 0 Å². The van der Waals surface area contributed by atoms with Crippen LogP contribution in [0, 0.1) is 0 Å². The van der Waals surface area contributed by atoms with Crippen molar-refractivity contribution in [1.82, 2.24) is 29.2 Å².